The number of ether oxygens (including phenoxy) is 1. The zero-order valence-corrected chi connectivity index (χ0v) is 15.5. The summed E-state index contributed by atoms with van der Waals surface area (Å²) in [5, 5.41) is 0.0911. The van der Waals surface area contributed by atoms with E-state index in [0.717, 1.165) is 16.1 Å². The second kappa shape index (κ2) is 7.50. The molecule has 0 N–H and O–H groups in total. The summed E-state index contributed by atoms with van der Waals surface area (Å²) in [7, 11) is 1.34. The van der Waals surface area contributed by atoms with E-state index in [0.29, 0.717) is 11.6 Å². The van der Waals surface area contributed by atoms with Gasteiger partial charge in [0.1, 0.15) is 5.25 Å². The smallest absolute Gasteiger partial charge is 0.310 e. The van der Waals surface area contributed by atoms with Gasteiger partial charge in [-0.05, 0) is 23.8 Å². The molecule has 0 saturated heterocycles. The molecule has 2 aromatic rings. The highest BCUT2D eigenvalue weighted by Gasteiger charge is 2.39. The molecule has 1 heterocycles. The number of anilines is 1. The van der Waals surface area contributed by atoms with Crippen LogP contribution < -0.4 is 4.90 Å². The number of nitrogens with zero attached hydrogens (tertiary/aromatic N) is 1. The van der Waals surface area contributed by atoms with Gasteiger partial charge in [-0.1, -0.05) is 48.9 Å². The molecule has 25 heavy (non-hydrogen) atoms. The Labute approximate surface area is 156 Å². The number of rotatable bonds is 4. The van der Waals surface area contributed by atoms with Gasteiger partial charge in [0.15, 0.2) is 0 Å². The Kier molecular flexibility index (Phi) is 5.35. The van der Waals surface area contributed by atoms with Crippen LogP contribution in [0.5, 0.6) is 0 Å². The van der Waals surface area contributed by atoms with Gasteiger partial charge in [-0.2, -0.15) is 0 Å². The van der Waals surface area contributed by atoms with Crippen LogP contribution in [0.3, 0.4) is 0 Å². The number of para-hydroxylation sites is 1. The fourth-order valence-corrected chi connectivity index (χ4v) is 4.29. The van der Waals surface area contributed by atoms with Crippen LogP contribution in [0.15, 0.2) is 53.4 Å². The lowest BCUT2D eigenvalue weighted by atomic mass is 10.1. The third kappa shape index (κ3) is 3.53. The average Bonchev–Trinajstić information content (AvgIpc) is 2.64. The van der Waals surface area contributed by atoms with Gasteiger partial charge in [-0.3, -0.25) is 9.59 Å². The Balaban J connectivity index is 1.99. The molecule has 0 saturated carbocycles. The summed E-state index contributed by atoms with van der Waals surface area (Å²) >= 11 is 7.68. The monoisotopic (exact) mass is 375 g/mol. The molecule has 1 aliphatic heterocycles. The maximum Gasteiger partial charge on any atom is 0.310 e. The first-order valence-electron chi connectivity index (χ1n) is 7.91. The highest BCUT2D eigenvalue weighted by atomic mass is 35.5. The van der Waals surface area contributed by atoms with Crippen LogP contribution in [-0.2, 0) is 20.9 Å². The van der Waals surface area contributed by atoms with Gasteiger partial charge in [0.05, 0.1) is 25.3 Å². The zero-order valence-electron chi connectivity index (χ0n) is 13.9. The van der Waals surface area contributed by atoms with E-state index in [1.54, 1.807) is 17.9 Å². The fourth-order valence-electron chi connectivity index (χ4n) is 2.82. The van der Waals surface area contributed by atoms with E-state index in [2.05, 4.69) is 0 Å². The van der Waals surface area contributed by atoms with Gasteiger partial charge < -0.3 is 9.64 Å². The summed E-state index contributed by atoms with van der Waals surface area (Å²) < 4.78 is 4.83. The lowest BCUT2D eigenvalue weighted by Crippen LogP contribution is -2.45. The quantitative estimate of drug-likeness (QED) is 0.753. The summed E-state index contributed by atoms with van der Waals surface area (Å²) in [6, 6.07) is 15.2. The van der Waals surface area contributed by atoms with Crippen LogP contribution in [0, 0.1) is 5.92 Å². The maximum absolute atomic E-state index is 13.1. The van der Waals surface area contributed by atoms with Crippen LogP contribution in [0.1, 0.15) is 12.5 Å². The molecule has 6 heteroatoms. The molecular weight excluding hydrogens is 358 g/mol. The number of halogens is 1. The molecule has 2 atom stereocenters. The van der Waals surface area contributed by atoms with E-state index in [1.165, 1.54) is 18.9 Å². The van der Waals surface area contributed by atoms with Crippen LogP contribution in [0.25, 0.3) is 0 Å². The predicted octanol–water partition coefficient (Wildman–Crippen LogP) is 4.16. The number of carbonyl (C=O) groups is 2. The van der Waals surface area contributed by atoms with E-state index in [1.807, 2.05) is 42.5 Å². The van der Waals surface area contributed by atoms with E-state index in [4.69, 9.17) is 16.3 Å². The molecule has 0 bridgehead atoms. The highest BCUT2D eigenvalue weighted by molar-refractivity contribution is 8.01. The van der Waals surface area contributed by atoms with Crippen molar-refractivity contribution in [3.8, 4) is 0 Å². The minimum Gasteiger partial charge on any atom is -0.469 e. The Bertz CT molecular complexity index is 811. The van der Waals surface area contributed by atoms with Gasteiger partial charge in [-0.15, -0.1) is 11.8 Å². The number of amides is 1. The van der Waals surface area contributed by atoms with Crippen LogP contribution >= 0.6 is 23.4 Å². The van der Waals surface area contributed by atoms with Crippen molar-refractivity contribution in [1.29, 1.82) is 0 Å². The predicted molar refractivity (Wildman–Crippen MR) is 99.9 cm³/mol. The normalized spacial score (nSPS) is 17.8. The second-order valence-corrected chi connectivity index (χ2v) is 7.42. The van der Waals surface area contributed by atoms with Gasteiger partial charge in [0, 0.05) is 9.92 Å². The van der Waals surface area contributed by atoms with Crippen molar-refractivity contribution >= 4 is 40.9 Å². The van der Waals surface area contributed by atoms with Gasteiger partial charge in [-0.25, -0.2) is 0 Å². The molecule has 0 unspecified atom stereocenters. The van der Waals surface area contributed by atoms with Crippen molar-refractivity contribution < 1.29 is 14.3 Å². The lowest BCUT2D eigenvalue weighted by molar-refractivity contribution is -0.146. The summed E-state index contributed by atoms with van der Waals surface area (Å²) in [6.07, 6.45) is 0. The standard InChI is InChI=1S/C19H18ClNO3S/c1-12(19(23)24-2)17-18(22)21(11-13-7-3-4-8-14(13)20)15-9-5-6-10-16(15)25-17/h3-10,12,17H,11H2,1-2H3/t12-,17+/m0/s1. The molecule has 0 aliphatic carbocycles. The minimum atomic E-state index is -0.537. The second-order valence-electron chi connectivity index (χ2n) is 5.83. The Hall–Kier alpha value is -1.98. The topological polar surface area (TPSA) is 46.6 Å². The Morgan fingerprint density at radius 3 is 2.64 bits per heavy atom. The lowest BCUT2D eigenvalue weighted by Gasteiger charge is -2.35. The van der Waals surface area contributed by atoms with Crippen molar-refractivity contribution in [2.75, 3.05) is 12.0 Å². The van der Waals surface area contributed by atoms with Crippen LogP contribution in [0.4, 0.5) is 5.69 Å². The molecule has 0 radical (unpaired) electrons. The highest BCUT2D eigenvalue weighted by Crippen LogP contribution is 2.42. The van der Waals surface area contributed by atoms with Gasteiger partial charge in [0.2, 0.25) is 5.91 Å². The molecule has 130 valence electrons. The molecule has 0 spiro atoms. The number of hydrogen-bond acceptors (Lipinski definition) is 4. The third-order valence-electron chi connectivity index (χ3n) is 4.23. The SMILES string of the molecule is COC(=O)[C@@H](C)[C@H]1Sc2ccccc2N(Cc2ccccc2Cl)C1=O. The van der Waals surface area contributed by atoms with E-state index >= 15 is 0 Å². The summed E-state index contributed by atoms with van der Waals surface area (Å²) in [5.41, 5.74) is 1.70. The molecule has 2 aromatic carbocycles. The molecule has 0 aromatic heterocycles. The van der Waals surface area contributed by atoms with E-state index < -0.39 is 11.2 Å². The molecule has 1 aliphatic rings. The fraction of sp³-hybridized carbons (Fsp3) is 0.263. The van der Waals surface area contributed by atoms with Crippen molar-refractivity contribution in [2.45, 2.75) is 23.6 Å². The number of benzene rings is 2. The van der Waals surface area contributed by atoms with E-state index in [9.17, 15) is 9.59 Å². The van der Waals surface area contributed by atoms with E-state index in [-0.39, 0.29) is 11.9 Å². The summed E-state index contributed by atoms with van der Waals surface area (Å²) in [6.45, 7) is 2.09. The van der Waals surface area contributed by atoms with Gasteiger partial charge >= 0.3 is 5.97 Å². The van der Waals surface area contributed by atoms with Crippen LogP contribution in [0.2, 0.25) is 5.02 Å². The number of carbonyl (C=O) groups excluding carboxylic acids is 2. The largest absolute Gasteiger partial charge is 0.469 e. The molecule has 4 nitrogen and oxygen atoms in total. The maximum atomic E-state index is 13.1. The number of methoxy groups -OCH3 is 1. The number of hydrogen-bond donors (Lipinski definition) is 0. The van der Waals surface area contributed by atoms with Crippen molar-refractivity contribution in [3.63, 3.8) is 0 Å². The Morgan fingerprint density at radius 2 is 1.92 bits per heavy atom. The summed E-state index contributed by atoms with van der Waals surface area (Å²) in [5.74, 6) is -1.03. The third-order valence-corrected chi connectivity index (χ3v) is 6.06. The molecule has 3 rings (SSSR count). The first-order valence-corrected chi connectivity index (χ1v) is 9.17. The average molecular weight is 376 g/mol. The first kappa shape index (κ1) is 17.8. The number of fused-ring (bicyclic) bond motifs is 1. The molecular formula is C19H18ClNO3S. The zero-order chi connectivity index (χ0) is 18.0. The number of esters is 1. The van der Waals surface area contributed by atoms with Crippen molar-refractivity contribution in [2.24, 2.45) is 5.92 Å². The molecule has 0 fully saturated rings. The number of thioether (sulfide) groups is 1. The van der Waals surface area contributed by atoms with Crippen molar-refractivity contribution in [3.05, 3.63) is 59.1 Å². The van der Waals surface area contributed by atoms with Crippen LogP contribution in [-0.4, -0.2) is 24.2 Å². The minimum absolute atomic E-state index is 0.110. The Morgan fingerprint density at radius 1 is 1.24 bits per heavy atom. The summed E-state index contributed by atoms with van der Waals surface area (Å²) in [4.78, 5) is 27.8. The van der Waals surface area contributed by atoms with Crippen molar-refractivity contribution in [1.82, 2.24) is 0 Å². The first-order chi connectivity index (χ1) is 12.0. The molecule has 1 amide bonds. The van der Waals surface area contributed by atoms with Gasteiger partial charge in [0.25, 0.3) is 0 Å².